The van der Waals surface area contributed by atoms with Gasteiger partial charge in [0.1, 0.15) is 11.9 Å². The van der Waals surface area contributed by atoms with E-state index < -0.39 is 0 Å². The Balaban J connectivity index is 1.95. The molecule has 0 radical (unpaired) electrons. The quantitative estimate of drug-likeness (QED) is 0.594. The fourth-order valence-corrected chi connectivity index (χ4v) is 3.40. The highest BCUT2D eigenvalue weighted by molar-refractivity contribution is 5.81. The lowest BCUT2D eigenvalue weighted by molar-refractivity contribution is 0.255. The zero-order valence-corrected chi connectivity index (χ0v) is 13.5. The van der Waals surface area contributed by atoms with Gasteiger partial charge in [-0.15, -0.1) is 0 Å². The lowest BCUT2D eigenvalue weighted by atomic mass is 9.92. The first-order valence-electron chi connectivity index (χ1n) is 8.17. The predicted octanol–water partition coefficient (Wildman–Crippen LogP) is 5.65. The summed E-state index contributed by atoms with van der Waals surface area (Å²) in [7, 11) is 0. The molecule has 4 rings (SSSR count). The Kier molecular flexibility index (Phi) is 3.42. The topological polar surface area (TPSA) is 9.23 Å². The van der Waals surface area contributed by atoms with Crippen molar-refractivity contribution in [3.8, 4) is 28.0 Å². The monoisotopic (exact) mass is 300 g/mol. The van der Waals surface area contributed by atoms with Gasteiger partial charge in [-0.2, -0.15) is 0 Å². The zero-order valence-electron chi connectivity index (χ0n) is 13.5. The first kappa shape index (κ1) is 14.1. The highest BCUT2D eigenvalue weighted by Crippen LogP contribution is 2.42. The SMILES string of the molecule is Cc1ccccc1-c1cc(-c2ccccc2)cc2c1OC(C)C2. The van der Waals surface area contributed by atoms with Crippen molar-refractivity contribution in [2.24, 2.45) is 0 Å². The largest absolute Gasteiger partial charge is 0.489 e. The second kappa shape index (κ2) is 5.58. The van der Waals surface area contributed by atoms with Gasteiger partial charge in [0, 0.05) is 12.0 Å². The van der Waals surface area contributed by atoms with E-state index in [1.807, 2.05) is 0 Å². The van der Waals surface area contributed by atoms with E-state index in [1.54, 1.807) is 0 Å². The molecule has 0 saturated carbocycles. The Labute approximate surface area is 137 Å². The zero-order chi connectivity index (χ0) is 15.8. The van der Waals surface area contributed by atoms with Gasteiger partial charge in [-0.25, -0.2) is 0 Å². The second-order valence-corrected chi connectivity index (χ2v) is 6.33. The summed E-state index contributed by atoms with van der Waals surface area (Å²) < 4.78 is 6.14. The molecule has 1 aliphatic rings. The van der Waals surface area contributed by atoms with Gasteiger partial charge in [0.2, 0.25) is 0 Å². The minimum absolute atomic E-state index is 0.249. The molecule has 0 spiro atoms. The molecule has 23 heavy (non-hydrogen) atoms. The maximum Gasteiger partial charge on any atom is 0.130 e. The van der Waals surface area contributed by atoms with Gasteiger partial charge in [0.15, 0.2) is 0 Å². The van der Waals surface area contributed by atoms with Crippen LogP contribution in [0.4, 0.5) is 0 Å². The van der Waals surface area contributed by atoms with Gasteiger partial charge >= 0.3 is 0 Å². The molecule has 0 aromatic heterocycles. The normalized spacial score (nSPS) is 16.0. The van der Waals surface area contributed by atoms with E-state index in [0.29, 0.717) is 0 Å². The van der Waals surface area contributed by atoms with Gasteiger partial charge in [0.05, 0.1) is 0 Å². The number of hydrogen-bond acceptors (Lipinski definition) is 1. The number of hydrogen-bond donors (Lipinski definition) is 0. The summed E-state index contributed by atoms with van der Waals surface area (Å²) in [5.74, 6) is 1.06. The lowest BCUT2D eigenvalue weighted by Crippen LogP contribution is -2.05. The Bertz CT molecular complexity index is 849. The molecule has 1 atom stereocenters. The Morgan fingerprint density at radius 2 is 1.57 bits per heavy atom. The van der Waals surface area contributed by atoms with Crippen molar-refractivity contribution in [1.82, 2.24) is 0 Å². The molecule has 0 bridgehead atoms. The minimum Gasteiger partial charge on any atom is -0.489 e. The molecule has 0 N–H and O–H groups in total. The van der Waals surface area contributed by atoms with Crippen molar-refractivity contribution in [2.45, 2.75) is 26.4 Å². The Hall–Kier alpha value is -2.54. The first-order valence-corrected chi connectivity index (χ1v) is 8.17. The van der Waals surface area contributed by atoms with Crippen LogP contribution < -0.4 is 4.74 Å². The second-order valence-electron chi connectivity index (χ2n) is 6.33. The summed E-state index contributed by atoms with van der Waals surface area (Å²) in [6.07, 6.45) is 1.23. The van der Waals surface area contributed by atoms with Crippen LogP contribution in [0.3, 0.4) is 0 Å². The van der Waals surface area contributed by atoms with E-state index in [2.05, 4.69) is 80.6 Å². The molecule has 3 aromatic rings. The van der Waals surface area contributed by atoms with Crippen molar-refractivity contribution in [1.29, 1.82) is 0 Å². The molecule has 0 amide bonds. The van der Waals surface area contributed by atoms with E-state index in [0.717, 1.165) is 12.2 Å². The van der Waals surface area contributed by atoms with Gasteiger partial charge in [0.25, 0.3) is 0 Å². The molecule has 0 saturated heterocycles. The average Bonchev–Trinajstić information content (AvgIpc) is 2.95. The van der Waals surface area contributed by atoms with Crippen LogP contribution in [0.1, 0.15) is 18.1 Å². The number of benzene rings is 3. The summed E-state index contributed by atoms with van der Waals surface area (Å²) in [4.78, 5) is 0. The molecule has 114 valence electrons. The van der Waals surface area contributed by atoms with Crippen LogP contribution in [-0.4, -0.2) is 6.10 Å². The fraction of sp³-hybridized carbons (Fsp3) is 0.182. The summed E-state index contributed by atoms with van der Waals surface area (Å²) in [5.41, 5.74) is 7.59. The number of fused-ring (bicyclic) bond motifs is 1. The molecule has 1 unspecified atom stereocenters. The number of rotatable bonds is 2. The molecule has 1 aliphatic heterocycles. The molecule has 0 aliphatic carbocycles. The lowest BCUT2D eigenvalue weighted by Gasteiger charge is -2.14. The van der Waals surface area contributed by atoms with Crippen LogP contribution in [0.5, 0.6) is 5.75 Å². The molecular formula is C22H20O. The molecule has 3 aromatic carbocycles. The summed E-state index contributed by atoms with van der Waals surface area (Å²) >= 11 is 0. The van der Waals surface area contributed by atoms with Crippen molar-refractivity contribution in [3.63, 3.8) is 0 Å². The molecule has 1 heterocycles. The summed E-state index contributed by atoms with van der Waals surface area (Å²) in [6, 6.07) is 23.7. The molecule has 1 heteroatoms. The Morgan fingerprint density at radius 3 is 2.35 bits per heavy atom. The number of aryl methyl sites for hydroxylation is 1. The van der Waals surface area contributed by atoms with Crippen molar-refractivity contribution >= 4 is 0 Å². The third-order valence-corrected chi connectivity index (χ3v) is 4.53. The molecule has 0 fully saturated rings. The molecule has 1 nitrogen and oxygen atoms in total. The summed E-state index contributed by atoms with van der Waals surface area (Å²) in [6.45, 7) is 4.30. The average molecular weight is 300 g/mol. The van der Waals surface area contributed by atoms with Crippen LogP contribution in [0.15, 0.2) is 66.7 Å². The maximum absolute atomic E-state index is 6.14. The summed E-state index contributed by atoms with van der Waals surface area (Å²) in [5, 5.41) is 0. The van der Waals surface area contributed by atoms with Gasteiger partial charge in [-0.05, 0) is 53.8 Å². The smallest absolute Gasteiger partial charge is 0.130 e. The van der Waals surface area contributed by atoms with E-state index >= 15 is 0 Å². The third kappa shape index (κ3) is 2.53. The van der Waals surface area contributed by atoms with Crippen LogP contribution in [0.25, 0.3) is 22.3 Å². The van der Waals surface area contributed by atoms with E-state index in [9.17, 15) is 0 Å². The highest BCUT2D eigenvalue weighted by Gasteiger charge is 2.24. The predicted molar refractivity (Wildman–Crippen MR) is 95.8 cm³/mol. The van der Waals surface area contributed by atoms with Crippen molar-refractivity contribution in [2.75, 3.05) is 0 Å². The third-order valence-electron chi connectivity index (χ3n) is 4.53. The number of ether oxygens (including phenoxy) is 1. The Morgan fingerprint density at radius 1 is 0.826 bits per heavy atom. The van der Waals surface area contributed by atoms with Crippen LogP contribution >= 0.6 is 0 Å². The maximum atomic E-state index is 6.14. The van der Waals surface area contributed by atoms with Crippen LogP contribution in [-0.2, 0) is 6.42 Å². The van der Waals surface area contributed by atoms with Crippen molar-refractivity contribution < 1.29 is 4.74 Å². The highest BCUT2D eigenvalue weighted by atomic mass is 16.5. The van der Waals surface area contributed by atoms with Gasteiger partial charge < -0.3 is 4.74 Å². The van der Waals surface area contributed by atoms with Gasteiger partial charge in [-0.3, -0.25) is 0 Å². The van der Waals surface area contributed by atoms with Gasteiger partial charge in [-0.1, -0.05) is 54.6 Å². The first-order chi connectivity index (χ1) is 11.2. The van der Waals surface area contributed by atoms with Crippen molar-refractivity contribution in [3.05, 3.63) is 77.9 Å². The van der Waals surface area contributed by atoms with E-state index in [4.69, 9.17) is 4.74 Å². The van der Waals surface area contributed by atoms with E-state index in [-0.39, 0.29) is 6.10 Å². The molecular weight excluding hydrogens is 280 g/mol. The van der Waals surface area contributed by atoms with Crippen LogP contribution in [0, 0.1) is 6.92 Å². The van der Waals surface area contributed by atoms with Crippen LogP contribution in [0.2, 0.25) is 0 Å². The standard InChI is InChI=1S/C22H20O/c1-15-8-6-7-11-20(15)21-14-18(17-9-4-3-5-10-17)13-19-12-16(2)23-22(19)21/h3-11,13-14,16H,12H2,1-2H3. The van der Waals surface area contributed by atoms with E-state index in [1.165, 1.54) is 33.4 Å². The minimum atomic E-state index is 0.249. The fourth-order valence-electron chi connectivity index (χ4n) is 3.40.